The Kier molecular flexibility index (Phi) is 3.62. The molecule has 2 unspecified atom stereocenters. The van der Waals surface area contributed by atoms with Gasteiger partial charge in [0.05, 0.1) is 6.61 Å². The maximum absolute atomic E-state index is 6.14. The second-order valence-corrected chi connectivity index (χ2v) is 4.49. The number of nitrogens with two attached hydrogens (primary N) is 1. The van der Waals surface area contributed by atoms with Crippen LogP contribution in [0.25, 0.3) is 0 Å². The van der Waals surface area contributed by atoms with E-state index in [4.69, 9.17) is 22.1 Å². The summed E-state index contributed by atoms with van der Waals surface area (Å²) in [6.45, 7) is 1.65. The lowest BCUT2D eigenvalue weighted by molar-refractivity contribution is 0.180. The molecule has 1 aromatic carbocycles. The van der Waals surface area contributed by atoms with Crippen molar-refractivity contribution in [3.05, 3.63) is 34.9 Å². The molecule has 0 spiro atoms. The van der Waals surface area contributed by atoms with Crippen molar-refractivity contribution in [2.45, 2.75) is 18.9 Å². The van der Waals surface area contributed by atoms with Crippen LogP contribution in [0.2, 0.25) is 5.02 Å². The van der Waals surface area contributed by atoms with E-state index in [1.54, 1.807) is 0 Å². The summed E-state index contributed by atoms with van der Waals surface area (Å²) in [7, 11) is 0. The highest BCUT2D eigenvalue weighted by Crippen LogP contribution is 2.22. The van der Waals surface area contributed by atoms with E-state index in [1.165, 1.54) is 0 Å². The van der Waals surface area contributed by atoms with Gasteiger partial charge in [-0.3, -0.25) is 0 Å². The molecule has 0 radical (unpaired) electrons. The van der Waals surface area contributed by atoms with Crippen LogP contribution < -0.4 is 5.73 Å². The molecule has 1 heterocycles. The highest BCUT2D eigenvalue weighted by atomic mass is 35.5. The summed E-state index contributed by atoms with van der Waals surface area (Å²) in [5.41, 5.74) is 7.28. The first-order valence-electron chi connectivity index (χ1n) is 5.34. The zero-order valence-electron chi connectivity index (χ0n) is 8.66. The third-order valence-electron chi connectivity index (χ3n) is 2.98. The SMILES string of the molecule is NC(Cc1ccccc1Cl)C1CCOC1. The van der Waals surface area contributed by atoms with E-state index in [0.29, 0.717) is 5.92 Å². The molecule has 15 heavy (non-hydrogen) atoms. The van der Waals surface area contributed by atoms with Crippen molar-refractivity contribution in [2.24, 2.45) is 11.7 Å². The zero-order chi connectivity index (χ0) is 10.7. The summed E-state index contributed by atoms with van der Waals surface area (Å²) in [4.78, 5) is 0. The van der Waals surface area contributed by atoms with Gasteiger partial charge in [-0.25, -0.2) is 0 Å². The summed E-state index contributed by atoms with van der Waals surface area (Å²) in [6.07, 6.45) is 1.92. The first-order valence-corrected chi connectivity index (χ1v) is 5.72. The van der Waals surface area contributed by atoms with Crippen molar-refractivity contribution in [1.82, 2.24) is 0 Å². The Morgan fingerprint density at radius 3 is 2.93 bits per heavy atom. The van der Waals surface area contributed by atoms with E-state index in [2.05, 4.69) is 0 Å². The molecule has 2 N–H and O–H groups in total. The molecule has 2 atom stereocenters. The molecule has 2 nitrogen and oxygen atoms in total. The quantitative estimate of drug-likeness (QED) is 0.857. The Morgan fingerprint density at radius 2 is 2.27 bits per heavy atom. The average Bonchev–Trinajstić information content (AvgIpc) is 2.74. The maximum Gasteiger partial charge on any atom is 0.0510 e. The lowest BCUT2D eigenvalue weighted by Gasteiger charge is -2.18. The molecule has 0 aliphatic carbocycles. The van der Waals surface area contributed by atoms with Crippen LogP contribution in [0.15, 0.2) is 24.3 Å². The topological polar surface area (TPSA) is 35.2 Å². The second kappa shape index (κ2) is 4.97. The molecule has 1 aliphatic heterocycles. The van der Waals surface area contributed by atoms with Gasteiger partial charge >= 0.3 is 0 Å². The Hall–Kier alpha value is -0.570. The lowest BCUT2D eigenvalue weighted by atomic mass is 9.94. The predicted octanol–water partition coefficient (Wildman–Crippen LogP) is 2.25. The number of halogens is 1. The standard InChI is InChI=1S/C12H16ClNO/c13-11-4-2-1-3-9(11)7-12(14)10-5-6-15-8-10/h1-4,10,12H,5-8,14H2. The number of rotatable bonds is 3. The minimum Gasteiger partial charge on any atom is -0.381 e. The third kappa shape index (κ3) is 2.71. The van der Waals surface area contributed by atoms with Crippen LogP contribution in [0.5, 0.6) is 0 Å². The van der Waals surface area contributed by atoms with Gasteiger partial charge < -0.3 is 10.5 Å². The fourth-order valence-corrected chi connectivity index (χ4v) is 2.19. The van der Waals surface area contributed by atoms with Crippen LogP contribution in [-0.2, 0) is 11.2 Å². The second-order valence-electron chi connectivity index (χ2n) is 4.08. The van der Waals surface area contributed by atoms with Gasteiger partial charge in [0.15, 0.2) is 0 Å². The molecule has 3 heteroatoms. The molecule has 1 aliphatic rings. The Morgan fingerprint density at radius 1 is 1.47 bits per heavy atom. The maximum atomic E-state index is 6.14. The normalized spacial score (nSPS) is 22.9. The molecular weight excluding hydrogens is 210 g/mol. The van der Waals surface area contributed by atoms with Crippen molar-refractivity contribution in [2.75, 3.05) is 13.2 Å². The molecule has 0 bridgehead atoms. The number of hydrogen-bond acceptors (Lipinski definition) is 2. The lowest BCUT2D eigenvalue weighted by Crippen LogP contribution is -2.32. The molecule has 82 valence electrons. The van der Waals surface area contributed by atoms with E-state index in [-0.39, 0.29) is 6.04 Å². The Bertz CT molecular complexity index is 323. The molecule has 0 aromatic heterocycles. The summed E-state index contributed by atoms with van der Waals surface area (Å²) < 4.78 is 5.33. The fraction of sp³-hybridized carbons (Fsp3) is 0.500. The van der Waals surface area contributed by atoms with Gasteiger partial charge in [0, 0.05) is 17.7 Å². The van der Waals surface area contributed by atoms with Crippen LogP contribution in [0, 0.1) is 5.92 Å². The molecule has 0 saturated carbocycles. The summed E-state index contributed by atoms with van der Waals surface area (Å²) in [5, 5.41) is 0.812. The minimum atomic E-state index is 0.160. The summed E-state index contributed by atoms with van der Waals surface area (Å²) in [6, 6.07) is 8.05. The smallest absolute Gasteiger partial charge is 0.0510 e. The van der Waals surface area contributed by atoms with Gasteiger partial charge in [0.25, 0.3) is 0 Å². The van der Waals surface area contributed by atoms with Crippen LogP contribution >= 0.6 is 11.6 Å². The molecule has 2 rings (SSSR count). The predicted molar refractivity (Wildman–Crippen MR) is 62.1 cm³/mol. The van der Waals surface area contributed by atoms with Crippen LogP contribution in [0.4, 0.5) is 0 Å². The van der Waals surface area contributed by atoms with Crippen LogP contribution in [0.3, 0.4) is 0 Å². The third-order valence-corrected chi connectivity index (χ3v) is 3.35. The number of ether oxygens (including phenoxy) is 1. The van der Waals surface area contributed by atoms with E-state index < -0.39 is 0 Å². The first kappa shape index (κ1) is 10.9. The largest absolute Gasteiger partial charge is 0.381 e. The monoisotopic (exact) mass is 225 g/mol. The van der Waals surface area contributed by atoms with E-state index in [1.807, 2.05) is 24.3 Å². The van der Waals surface area contributed by atoms with Gasteiger partial charge in [-0.05, 0) is 30.4 Å². The number of hydrogen-bond donors (Lipinski definition) is 1. The van der Waals surface area contributed by atoms with Gasteiger partial charge in [-0.15, -0.1) is 0 Å². The van der Waals surface area contributed by atoms with Crippen molar-refractivity contribution in [1.29, 1.82) is 0 Å². The van der Waals surface area contributed by atoms with Gasteiger partial charge in [0.1, 0.15) is 0 Å². The van der Waals surface area contributed by atoms with Crippen molar-refractivity contribution in [3.8, 4) is 0 Å². The Labute approximate surface area is 95.4 Å². The van der Waals surface area contributed by atoms with Crippen LogP contribution in [0.1, 0.15) is 12.0 Å². The molecule has 1 saturated heterocycles. The first-order chi connectivity index (χ1) is 7.27. The minimum absolute atomic E-state index is 0.160. The average molecular weight is 226 g/mol. The van der Waals surface area contributed by atoms with Gasteiger partial charge in [-0.2, -0.15) is 0 Å². The fourth-order valence-electron chi connectivity index (χ4n) is 1.97. The Balaban J connectivity index is 1.99. The van der Waals surface area contributed by atoms with Gasteiger partial charge in [0.2, 0.25) is 0 Å². The molecule has 1 fully saturated rings. The molecular formula is C12H16ClNO. The zero-order valence-corrected chi connectivity index (χ0v) is 9.41. The van der Waals surface area contributed by atoms with Crippen molar-refractivity contribution in [3.63, 3.8) is 0 Å². The highest BCUT2D eigenvalue weighted by Gasteiger charge is 2.23. The van der Waals surface area contributed by atoms with E-state index in [0.717, 1.165) is 36.6 Å². The van der Waals surface area contributed by atoms with E-state index in [9.17, 15) is 0 Å². The molecule has 0 amide bonds. The molecule has 1 aromatic rings. The van der Waals surface area contributed by atoms with Gasteiger partial charge in [-0.1, -0.05) is 29.8 Å². The van der Waals surface area contributed by atoms with Crippen molar-refractivity contribution < 1.29 is 4.74 Å². The van der Waals surface area contributed by atoms with Crippen molar-refractivity contribution >= 4 is 11.6 Å². The van der Waals surface area contributed by atoms with E-state index >= 15 is 0 Å². The highest BCUT2D eigenvalue weighted by molar-refractivity contribution is 6.31. The number of benzene rings is 1. The van der Waals surface area contributed by atoms with Crippen LogP contribution in [-0.4, -0.2) is 19.3 Å². The summed E-state index contributed by atoms with van der Waals surface area (Å²) in [5.74, 6) is 0.487. The summed E-state index contributed by atoms with van der Waals surface area (Å²) >= 11 is 6.09.